The number of likely N-dealkylation sites (tertiary alicyclic amines) is 1. The Hall–Kier alpha value is -1.42. The fourth-order valence-corrected chi connectivity index (χ4v) is 2.68. The zero-order valence-electron chi connectivity index (χ0n) is 11.7. The van der Waals surface area contributed by atoms with Crippen molar-refractivity contribution >= 4 is 5.91 Å². The molecule has 0 aromatic carbocycles. The van der Waals surface area contributed by atoms with Gasteiger partial charge in [-0.3, -0.25) is 9.78 Å². The molecular formula is C15H22N2O2. The summed E-state index contributed by atoms with van der Waals surface area (Å²) in [5.41, 5.74) is 1.92. The van der Waals surface area contributed by atoms with Crippen molar-refractivity contribution in [3.05, 3.63) is 29.6 Å². The van der Waals surface area contributed by atoms with Crippen LogP contribution in [0.25, 0.3) is 0 Å². The quantitative estimate of drug-likeness (QED) is 0.898. The lowest BCUT2D eigenvalue weighted by atomic mass is 10.1. The van der Waals surface area contributed by atoms with Crippen LogP contribution < -0.4 is 0 Å². The Morgan fingerprint density at radius 3 is 3.00 bits per heavy atom. The van der Waals surface area contributed by atoms with Crippen LogP contribution in [-0.4, -0.2) is 39.6 Å². The summed E-state index contributed by atoms with van der Waals surface area (Å²) >= 11 is 0. The molecule has 19 heavy (non-hydrogen) atoms. The highest BCUT2D eigenvalue weighted by Crippen LogP contribution is 2.22. The first-order valence-corrected chi connectivity index (χ1v) is 6.95. The Morgan fingerprint density at radius 2 is 2.37 bits per heavy atom. The Morgan fingerprint density at radius 1 is 1.58 bits per heavy atom. The number of carbonyl (C=O) groups excluding carboxylic acids is 1. The van der Waals surface area contributed by atoms with Crippen LogP contribution in [0.5, 0.6) is 0 Å². The number of aromatic nitrogens is 1. The van der Waals surface area contributed by atoms with Crippen molar-refractivity contribution in [2.45, 2.75) is 51.7 Å². The number of aliphatic hydroxyl groups is 1. The highest BCUT2D eigenvalue weighted by molar-refractivity contribution is 5.79. The van der Waals surface area contributed by atoms with Gasteiger partial charge in [0.2, 0.25) is 5.91 Å². The van der Waals surface area contributed by atoms with Crippen LogP contribution in [0, 0.1) is 6.92 Å². The predicted molar refractivity (Wildman–Crippen MR) is 73.7 cm³/mol. The van der Waals surface area contributed by atoms with Gasteiger partial charge in [-0.05, 0) is 44.7 Å². The highest BCUT2D eigenvalue weighted by atomic mass is 16.3. The van der Waals surface area contributed by atoms with Gasteiger partial charge in [-0.1, -0.05) is 6.07 Å². The summed E-state index contributed by atoms with van der Waals surface area (Å²) in [5, 5.41) is 9.48. The normalized spacial score (nSPS) is 20.6. The summed E-state index contributed by atoms with van der Waals surface area (Å²) in [6.07, 6.45) is 4.55. The van der Waals surface area contributed by atoms with Crippen LogP contribution >= 0.6 is 0 Å². The van der Waals surface area contributed by atoms with Crippen LogP contribution in [0.15, 0.2) is 18.3 Å². The van der Waals surface area contributed by atoms with Crippen molar-refractivity contribution in [1.29, 1.82) is 0 Å². The topological polar surface area (TPSA) is 53.4 Å². The van der Waals surface area contributed by atoms with Crippen LogP contribution in [-0.2, 0) is 11.2 Å². The fourth-order valence-electron chi connectivity index (χ4n) is 2.68. The van der Waals surface area contributed by atoms with E-state index in [-0.39, 0.29) is 18.1 Å². The van der Waals surface area contributed by atoms with Gasteiger partial charge in [-0.15, -0.1) is 0 Å². The number of hydrogen-bond donors (Lipinski definition) is 1. The van der Waals surface area contributed by atoms with Gasteiger partial charge in [0.05, 0.1) is 12.5 Å². The van der Waals surface area contributed by atoms with Gasteiger partial charge in [0.25, 0.3) is 0 Å². The Bertz CT molecular complexity index is 428. The number of nitrogens with zero attached hydrogens (tertiary/aromatic N) is 2. The van der Waals surface area contributed by atoms with E-state index in [1.165, 1.54) is 0 Å². The van der Waals surface area contributed by atoms with E-state index in [1.54, 1.807) is 13.1 Å². The summed E-state index contributed by atoms with van der Waals surface area (Å²) in [7, 11) is 0. The van der Waals surface area contributed by atoms with Gasteiger partial charge in [-0.25, -0.2) is 0 Å². The smallest absolute Gasteiger partial charge is 0.227 e. The predicted octanol–water partition coefficient (Wildman–Crippen LogP) is 1.69. The van der Waals surface area contributed by atoms with Crippen LogP contribution in [0.1, 0.15) is 37.4 Å². The van der Waals surface area contributed by atoms with E-state index >= 15 is 0 Å². The van der Waals surface area contributed by atoms with E-state index in [4.69, 9.17) is 0 Å². The van der Waals surface area contributed by atoms with E-state index in [0.717, 1.165) is 30.6 Å². The number of aliphatic hydroxyl groups excluding tert-OH is 1. The molecule has 1 N–H and O–H groups in total. The maximum atomic E-state index is 12.3. The number of carbonyl (C=O) groups is 1. The van der Waals surface area contributed by atoms with Gasteiger partial charge >= 0.3 is 0 Å². The Balaban J connectivity index is 1.97. The molecule has 1 aliphatic heterocycles. The SMILES string of the molecule is Cc1ccc(CC(=O)N2CCCC2CC(C)O)cn1. The van der Waals surface area contributed by atoms with E-state index < -0.39 is 0 Å². The van der Waals surface area contributed by atoms with Crippen molar-refractivity contribution in [3.63, 3.8) is 0 Å². The third-order valence-corrected chi connectivity index (χ3v) is 3.64. The maximum absolute atomic E-state index is 12.3. The molecule has 2 atom stereocenters. The van der Waals surface area contributed by atoms with E-state index in [2.05, 4.69) is 4.98 Å². The first-order chi connectivity index (χ1) is 9.06. The van der Waals surface area contributed by atoms with Crippen LogP contribution in [0.4, 0.5) is 0 Å². The van der Waals surface area contributed by atoms with Gasteiger partial charge in [0.15, 0.2) is 0 Å². The summed E-state index contributed by atoms with van der Waals surface area (Å²) < 4.78 is 0. The van der Waals surface area contributed by atoms with E-state index in [9.17, 15) is 9.90 Å². The zero-order valence-corrected chi connectivity index (χ0v) is 11.7. The molecule has 0 saturated carbocycles. The van der Waals surface area contributed by atoms with Gasteiger partial charge in [-0.2, -0.15) is 0 Å². The molecule has 0 spiro atoms. The lowest BCUT2D eigenvalue weighted by Gasteiger charge is -2.25. The van der Waals surface area contributed by atoms with Crippen LogP contribution in [0.2, 0.25) is 0 Å². The Labute approximate surface area is 114 Å². The number of aryl methyl sites for hydroxylation is 1. The average molecular weight is 262 g/mol. The average Bonchev–Trinajstić information content (AvgIpc) is 2.79. The minimum absolute atomic E-state index is 0.147. The van der Waals surface area contributed by atoms with Crippen molar-refractivity contribution in [2.75, 3.05) is 6.54 Å². The lowest BCUT2D eigenvalue weighted by molar-refractivity contribution is -0.131. The molecule has 0 aliphatic carbocycles. The number of rotatable bonds is 4. The molecular weight excluding hydrogens is 240 g/mol. The number of pyridine rings is 1. The fraction of sp³-hybridized carbons (Fsp3) is 0.600. The van der Waals surface area contributed by atoms with Crippen molar-refractivity contribution in [2.24, 2.45) is 0 Å². The minimum Gasteiger partial charge on any atom is -0.393 e. The van der Waals surface area contributed by atoms with Gasteiger partial charge < -0.3 is 10.0 Å². The molecule has 4 heteroatoms. The van der Waals surface area contributed by atoms with Crippen molar-refractivity contribution in [1.82, 2.24) is 9.88 Å². The molecule has 1 aromatic rings. The molecule has 0 radical (unpaired) electrons. The van der Waals surface area contributed by atoms with Crippen molar-refractivity contribution < 1.29 is 9.90 Å². The standard InChI is InChI=1S/C15H22N2O2/c1-11-5-6-13(10-16-11)9-15(19)17-7-3-4-14(17)8-12(2)18/h5-6,10,12,14,18H,3-4,7-9H2,1-2H3. The first-order valence-electron chi connectivity index (χ1n) is 6.95. The number of amides is 1. The summed E-state index contributed by atoms with van der Waals surface area (Å²) in [6, 6.07) is 4.09. The molecule has 1 fully saturated rings. The monoisotopic (exact) mass is 262 g/mol. The molecule has 2 rings (SSSR count). The molecule has 104 valence electrons. The second kappa shape index (κ2) is 6.15. The largest absolute Gasteiger partial charge is 0.393 e. The second-order valence-electron chi connectivity index (χ2n) is 5.45. The maximum Gasteiger partial charge on any atom is 0.227 e. The van der Waals surface area contributed by atoms with Crippen LogP contribution in [0.3, 0.4) is 0 Å². The third-order valence-electron chi connectivity index (χ3n) is 3.64. The summed E-state index contributed by atoms with van der Waals surface area (Å²) in [5.74, 6) is 0.147. The number of hydrogen-bond acceptors (Lipinski definition) is 3. The minimum atomic E-state index is -0.348. The molecule has 4 nitrogen and oxygen atoms in total. The molecule has 2 unspecified atom stereocenters. The third kappa shape index (κ3) is 3.77. The molecule has 1 aliphatic rings. The van der Waals surface area contributed by atoms with Crippen molar-refractivity contribution in [3.8, 4) is 0 Å². The summed E-state index contributed by atoms with van der Waals surface area (Å²) in [4.78, 5) is 18.4. The second-order valence-corrected chi connectivity index (χ2v) is 5.45. The first kappa shape index (κ1) is 14.0. The highest BCUT2D eigenvalue weighted by Gasteiger charge is 2.29. The molecule has 1 aromatic heterocycles. The van der Waals surface area contributed by atoms with E-state index in [1.807, 2.05) is 24.0 Å². The molecule has 1 amide bonds. The summed E-state index contributed by atoms with van der Waals surface area (Å²) in [6.45, 7) is 4.53. The van der Waals surface area contributed by atoms with E-state index in [0.29, 0.717) is 12.8 Å². The Kier molecular flexibility index (Phi) is 4.53. The lowest BCUT2D eigenvalue weighted by Crippen LogP contribution is -2.38. The molecule has 0 bridgehead atoms. The van der Waals surface area contributed by atoms with Gasteiger partial charge in [0, 0.05) is 24.5 Å². The molecule has 2 heterocycles. The molecule has 1 saturated heterocycles. The van der Waals surface area contributed by atoms with Gasteiger partial charge in [0.1, 0.15) is 0 Å². The zero-order chi connectivity index (χ0) is 13.8.